The van der Waals surface area contributed by atoms with Crippen molar-refractivity contribution in [3.8, 4) is 17.2 Å². The maximum atomic E-state index is 13.8. The maximum absolute atomic E-state index is 13.8. The Labute approximate surface area is 239 Å². The number of fused-ring (bicyclic) bond motifs is 1. The lowest BCUT2D eigenvalue weighted by atomic mass is 9.83. The SMILES string of the molecule is CCCCN(C(=O)CN1C[C@H](c2cc(OC)c3c(c2)OCO3)[C@@H](C(=O)O)[C@@H]1CCc1ncc(C)o1)c1cccnc1. The number of hydrogen-bond acceptors (Lipinski definition) is 9. The van der Waals surface area contributed by atoms with E-state index in [9.17, 15) is 14.7 Å². The van der Waals surface area contributed by atoms with Gasteiger partial charge in [-0.1, -0.05) is 13.3 Å². The molecule has 2 aromatic heterocycles. The highest BCUT2D eigenvalue weighted by Gasteiger charge is 2.47. The number of aryl methyl sites for hydroxylation is 2. The summed E-state index contributed by atoms with van der Waals surface area (Å²) in [5, 5.41) is 10.5. The summed E-state index contributed by atoms with van der Waals surface area (Å²) in [4.78, 5) is 39.0. The van der Waals surface area contributed by atoms with Crippen LogP contribution in [0.15, 0.2) is 47.3 Å². The van der Waals surface area contributed by atoms with E-state index in [1.165, 1.54) is 0 Å². The summed E-state index contributed by atoms with van der Waals surface area (Å²) in [6, 6.07) is 6.88. The van der Waals surface area contributed by atoms with Gasteiger partial charge < -0.3 is 28.6 Å². The quantitative estimate of drug-likeness (QED) is 0.344. The van der Waals surface area contributed by atoms with Crippen LogP contribution in [0.25, 0.3) is 0 Å². The molecule has 4 heterocycles. The fourth-order valence-electron chi connectivity index (χ4n) is 5.83. The van der Waals surface area contributed by atoms with Crippen molar-refractivity contribution < 1.29 is 33.3 Å². The number of aliphatic carboxylic acids is 1. The third kappa shape index (κ3) is 6.14. The number of hydrogen-bond donors (Lipinski definition) is 1. The molecule has 0 radical (unpaired) electrons. The largest absolute Gasteiger partial charge is 0.493 e. The molecule has 41 heavy (non-hydrogen) atoms. The Balaban J connectivity index is 1.46. The van der Waals surface area contributed by atoms with Crippen LogP contribution in [0.1, 0.15) is 49.3 Å². The zero-order valence-electron chi connectivity index (χ0n) is 23.6. The van der Waals surface area contributed by atoms with Gasteiger partial charge in [-0.15, -0.1) is 0 Å². The molecular formula is C30H36N4O7. The monoisotopic (exact) mass is 564 g/mol. The molecular weight excluding hydrogens is 528 g/mol. The first-order valence-electron chi connectivity index (χ1n) is 14.0. The number of benzene rings is 1. The highest BCUT2D eigenvalue weighted by Crippen LogP contribution is 2.47. The first-order chi connectivity index (χ1) is 19.9. The predicted molar refractivity (Wildman–Crippen MR) is 149 cm³/mol. The van der Waals surface area contributed by atoms with Gasteiger partial charge in [0.05, 0.1) is 37.7 Å². The molecule has 0 saturated carbocycles. The number of rotatable bonds is 12. The van der Waals surface area contributed by atoms with E-state index >= 15 is 0 Å². The van der Waals surface area contributed by atoms with Crippen molar-refractivity contribution in [1.29, 1.82) is 0 Å². The smallest absolute Gasteiger partial charge is 0.308 e. The molecule has 1 N–H and O–H groups in total. The number of amides is 1. The Morgan fingerprint density at radius 1 is 1.24 bits per heavy atom. The van der Waals surface area contributed by atoms with Gasteiger partial charge in [0.25, 0.3) is 0 Å². The number of carboxylic acids is 1. The lowest BCUT2D eigenvalue weighted by Gasteiger charge is -2.29. The topological polar surface area (TPSA) is 127 Å². The molecule has 1 fully saturated rings. The number of carboxylic acid groups (broad SMARTS) is 1. The molecule has 2 aliphatic heterocycles. The number of pyridine rings is 1. The number of aromatic nitrogens is 2. The molecule has 0 bridgehead atoms. The summed E-state index contributed by atoms with van der Waals surface area (Å²) >= 11 is 0. The second kappa shape index (κ2) is 12.6. The Bertz CT molecular complexity index is 1360. The van der Waals surface area contributed by atoms with E-state index in [1.54, 1.807) is 30.6 Å². The summed E-state index contributed by atoms with van der Waals surface area (Å²) in [6.45, 7) is 4.96. The molecule has 0 aliphatic carbocycles. The number of methoxy groups -OCH3 is 1. The molecule has 1 saturated heterocycles. The van der Waals surface area contributed by atoms with Gasteiger partial charge in [0.15, 0.2) is 17.4 Å². The fourth-order valence-corrected chi connectivity index (χ4v) is 5.83. The van der Waals surface area contributed by atoms with Crippen LogP contribution < -0.4 is 19.1 Å². The summed E-state index contributed by atoms with van der Waals surface area (Å²) in [5.41, 5.74) is 1.49. The van der Waals surface area contributed by atoms with E-state index in [0.717, 1.165) is 24.1 Å². The number of carbonyl (C=O) groups excluding carboxylic acids is 1. The van der Waals surface area contributed by atoms with Crippen molar-refractivity contribution >= 4 is 17.6 Å². The molecule has 11 heteroatoms. The molecule has 218 valence electrons. The van der Waals surface area contributed by atoms with E-state index < -0.39 is 23.8 Å². The normalized spacial score (nSPS) is 19.8. The first-order valence-corrected chi connectivity index (χ1v) is 14.0. The lowest BCUT2D eigenvalue weighted by molar-refractivity contribution is -0.143. The first kappa shape index (κ1) is 28.4. The third-order valence-electron chi connectivity index (χ3n) is 7.80. The van der Waals surface area contributed by atoms with E-state index in [2.05, 4.69) is 16.9 Å². The second-order valence-corrected chi connectivity index (χ2v) is 10.4. The van der Waals surface area contributed by atoms with Gasteiger partial charge in [-0.2, -0.15) is 0 Å². The lowest BCUT2D eigenvalue weighted by Crippen LogP contribution is -2.44. The second-order valence-electron chi connectivity index (χ2n) is 10.4. The van der Waals surface area contributed by atoms with Crippen molar-refractivity contribution in [3.63, 3.8) is 0 Å². The van der Waals surface area contributed by atoms with Gasteiger partial charge in [0.1, 0.15) is 5.76 Å². The minimum atomic E-state index is -0.926. The molecule has 1 amide bonds. The zero-order chi connectivity index (χ0) is 28.9. The minimum absolute atomic E-state index is 0.0653. The van der Waals surface area contributed by atoms with Crippen molar-refractivity contribution in [2.75, 3.05) is 38.4 Å². The number of carbonyl (C=O) groups is 2. The van der Waals surface area contributed by atoms with Gasteiger partial charge in [-0.25, -0.2) is 4.98 Å². The van der Waals surface area contributed by atoms with Crippen LogP contribution in [0.4, 0.5) is 5.69 Å². The molecule has 0 spiro atoms. The van der Waals surface area contributed by atoms with Crippen LogP contribution in [-0.4, -0.2) is 71.4 Å². The van der Waals surface area contributed by atoms with Crippen LogP contribution in [-0.2, 0) is 16.0 Å². The molecule has 3 aromatic rings. The average Bonchev–Trinajstić information content (AvgIpc) is 3.70. The van der Waals surface area contributed by atoms with E-state index in [1.807, 2.05) is 36.1 Å². The van der Waals surface area contributed by atoms with Crippen LogP contribution in [0.3, 0.4) is 0 Å². The number of likely N-dealkylation sites (tertiary alicyclic amines) is 1. The van der Waals surface area contributed by atoms with Crippen molar-refractivity contribution in [2.45, 2.75) is 51.5 Å². The Morgan fingerprint density at radius 2 is 2.10 bits per heavy atom. The Hall–Kier alpha value is -4.12. The highest BCUT2D eigenvalue weighted by atomic mass is 16.7. The van der Waals surface area contributed by atoms with Crippen molar-refractivity contribution in [1.82, 2.24) is 14.9 Å². The Kier molecular flexibility index (Phi) is 8.72. The zero-order valence-corrected chi connectivity index (χ0v) is 23.6. The number of nitrogens with zero attached hydrogens (tertiary/aromatic N) is 4. The fraction of sp³-hybridized carbons (Fsp3) is 0.467. The molecule has 2 aliphatic rings. The van der Waals surface area contributed by atoms with Gasteiger partial charge in [-0.05, 0) is 49.6 Å². The van der Waals surface area contributed by atoms with Crippen LogP contribution in [0.5, 0.6) is 17.2 Å². The maximum Gasteiger partial charge on any atom is 0.308 e. The minimum Gasteiger partial charge on any atom is -0.493 e. The molecule has 1 aromatic carbocycles. The van der Waals surface area contributed by atoms with E-state index in [4.69, 9.17) is 18.6 Å². The van der Waals surface area contributed by atoms with Crippen LogP contribution in [0, 0.1) is 12.8 Å². The molecule has 5 rings (SSSR count). The predicted octanol–water partition coefficient (Wildman–Crippen LogP) is 4.05. The standard InChI is InChI=1S/C30H36N4O7/c1-4-5-11-34(21-7-6-10-31-15-21)27(35)17-33-16-22(20-12-24(38-3)29-25(13-20)39-18-40-29)28(30(36)37)23(33)8-9-26-32-14-19(2)41-26/h6-7,10,12-15,22-23,28H,4-5,8-9,11,16-18H2,1-3H3,(H,36,37)/t22-,23+,28-/m1/s1. The Morgan fingerprint density at radius 3 is 2.78 bits per heavy atom. The van der Waals surface area contributed by atoms with Gasteiger partial charge in [-0.3, -0.25) is 19.5 Å². The van der Waals surface area contributed by atoms with Gasteiger partial charge in [0.2, 0.25) is 18.4 Å². The molecule has 11 nitrogen and oxygen atoms in total. The number of oxazole rings is 1. The van der Waals surface area contributed by atoms with Crippen LogP contribution >= 0.6 is 0 Å². The molecule has 0 unspecified atom stereocenters. The third-order valence-corrected chi connectivity index (χ3v) is 7.80. The summed E-state index contributed by atoms with van der Waals surface area (Å²) < 4.78 is 22.4. The highest BCUT2D eigenvalue weighted by molar-refractivity contribution is 5.94. The van der Waals surface area contributed by atoms with E-state index in [-0.39, 0.29) is 19.2 Å². The van der Waals surface area contributed by atoms with Crippen molar-refractivity contribution in [2.24, 2.45) is 5.92 Å². The van der Waals surface area contributed by atoms with Gasteiger partial charge in [0, 0.05) is 37.7 Å². The summed E-state index contributed by atoms with van der Waals surface area (Å²) in [6.07, 6.45) is 7.69. The summed E-state index contributed by atoms with van der Waals surface area (Å²) in [5.74, 6) is 0.533. The van der Waals surface area contributed by atoms with Gasteiger partial charge >= 0.3 is 5.97 Å². The average molecular weight is 565 g/mol. The van der Waals surface area contributed by atoms with E-state index in [0.29, 0.717) is 54.8 Å². The van der Waals surface area contributed by atoms with Crippen molar-refractivity contribution in [3.05, 3.63) is 60.1 Å². The summed E-state index contributed by atoms with van der Waals surface area (Å²) in [7, 11) is 1.54. The number of anilines is 1. The van der Waals surface area contributed by atoms with Crippen LogP contribution in [0.2, 0.25) is 0 Å². The number of ether oxygens (including phenoxy) is 3. The number of unbranched alkanes of at least 4 members (excludes halogenated alkanes) is 1. The molecule has 3 atom stereocenters.